The molecule has 0 aliphatic carbocycles. The van der Waals surface area contributed by atoms with Crippen LogP contribution in [-0.4, -0.2) is 38.3 Å². The van der Waals surface area contributed by atoms with Gasteiger partial charge in [-0.3, -0.25) is 0 Å². The fourth-order valence-corrected chi connectivity index (χ4v) is 1.65. The first-order valence-corrected chi connectivity index (χ1v) is 6.48. The van der Waals surface area contributed by atoms with Gasteiger partial charge in [-0.05, 0) is 19.8 Å². The average Bonchev–Trinajstić information content (AvgIpc) is 2.75. The highest BCUT2D eigenvalue weighted by Crippen LogP contribution is 2.10. The minimum Gasteiger partial charge on any atom is -0.376 e. The van der Waals surface area contributed by atoms with E-state index in [1.54, 1.807) is 0 Å². The summed E-state index contributed by atoms with van der Waals surface area (Å²) in [7, 11) is 0. The molecule has 1 aliphatic heterocycles. The van der Waals surface area contributed by atoms with Gasteiger partial charge in [0.25, 0.3) is 0 Å². The molecule has 0 aromatic rings. The minimum absolute atomic E-state index is 0.330. The molecule has 1 heterocycles. The molecule has 1 aliphatic rings. The lowest BCUT2D eigenvalue weighted by Crippen LogP contribution is -2.41. The normalized spacial score (nSPS) is 20.9. The molecule has 0 aromatic carbocycles. The van der Waals surface area contributed by atoms with Crippen molar-refractivity contribution in [1.82, 2.24) is 10.6 Å². The third-order valence-corrected chi connectivity index (χ3v) is 2.52. The Morgan fingerprint density at radius 3 is 2.94 bits per heavy atom. The van der Waals surface area contributed by atoms with E-state index in [-0.39, 0.29) is 0 Å². The molecule has 0 saturated carbocycles. The quantitative estimate of drug-likeness (QED) is 0.597. The first-order valence-electron chi connectivity index (χ1n) is 5.69. The van der Waals surface area contributed by atoms with Crippen LogP contribution in [0.15, 0.2) is 16.1 Å². The van der Waals surface area contributed by atoms with E-state index in [9.17, 15) is 0 Å². The number of nitrogens with zero attached hydrogens (tertiary/aromatic N) is 1. The smallest absolute Gasteiger partial charge is 0.191 e. The van der Waals surface area contributed by atoms with Crippen LogP contribution in [0.1, 0.15) is 19.8 Å². The molecule has 16 heavy (non-hydrogen) atoms. The van der Waals surface area contributed by atoms with E-state index in [0.29, 0.717) is 12.6 Å². The monoisotopic (exact) mass is 289 g/mol. The fraction of sp³-hybridized carbons (Fsp3) is 0.727. The van der Waals surface area contributed by atoms with Gasteiger partial charge in [-0.15, -0.1) is 0 Å². The lowest BCUT2D eigenvalue weighted by atomic mass is 10.2. The van der Waals surface area contributed by atoms with E-state index < -0.39 is 0 Å². The van der Waals surface area contributed by atoms with Crippen molar-refractivity contribution in [2.24, 2.45) is 4.99 Å². The van der Waals surface area contributed by atoms with Gasteiger partial charge in [0, 0.05) is 24.2 Å². The highest BCUT2D eigenvalue weighted by Gasteiger charge is 2.15. The number of hydrogen-bond acceptors (Lipinski definition) is 2. The standard InChI is InChI=1S/C11H20BrN3O/c1-3-13-11(14-7-9(2)12)15-8-10-5-4-6-16-10/h10H,2-8H2,1H3,(H2,13,14,15). The second-order valence-corrected chi connectivity index (χ2v) is 4.85. The van der Waals surface area contributed by atoms with Crippen LogP contribution in [0.2, 0.25) is 0 Å². The van der Waals surface area contributed by atoms with Gasteiger partial charge in [0.1, 0.15) is 0 Å². The Hall–Kier alpha value is -0.550. The second-order valence-electron chi connectivity index (χ2n) is 3.73. The van der Waals surface area contributed by atoms with Gasteiger partial charge in [0.05, 0.1) is 12.6 Å². The Labute approximate surface area is 106 Å². The summed E-state index contributed by atoms with van der Waals surface area (Å²) < 4.78 is 6.41. The van der Waals surface area contributed by atoms with Crippen molar-refractivity contribution in [3.8, 4) is 0 Å². The molecular formula is C11H20BrN3O. The van der Waals surface area contributed by atoms with E-state index in [0.717, 1.165) is 43.0 Å². The van der Waals surface area contributed by atoms with Gasteiger partial charge >= 0.3 is 0 Å². The molecular weight excluding hydrogens is 270 g/mol. The number of aliphatic imine (C=N–C) groups is 1. The Bertz CT molecular complexity index is 250. The zero-order chi connectivity index (χ0) is 11.8. The number of guanidine groups is 1. The molecule has 4 nitrogen and oxygen atoms in total. The third-order valence-electron chi connectivity index (χ3n) is 2.27. The van der Waals surface area contributed by atoms with Gasteiger partial charge in [0.2, 0.25) is 0 Å². The maximum absolute atomic E-state index is 5.53. The average molecular weight is 290 g/mol. The minimum atomic E-state index is 0.330. The van der Waals surface area contributed by atoms with Crippen LogP contribution in [-0.2, 0) is 4.74 Å². The zero-order valence-corrected chi connectivity index (χ0v) is 11.3. The van der Waals surface area contributed by atoms with Crippen LogP contribution in [0.3, 0.4) is 0 Å². The molecule has 0 bridgehead atoms. The van der Waals surface area contributed by atoms with Crippen molar-refractivity contribution in [3.63, 3.8) is 0 Å². The molecule has 0 aromatic heterocycles. The van der Waals surface area contributed by atoms with Crippen molar-refractivity contribution in [2.45, 2.75) is 25.9 Å². The number of rotatable bonds is 5. The van der Waals surface area contributed by atoms with Crippen molar-refractivity contribution in [2.75, 3.05) is 26.2 Å². The van der Waals surface area contributed by atoms with Crippen molar-refractivity contribution < 1.29 is 4.74 Å². The highest BCUT2D eigenvalue weighted by atomic mass is 79.9. The van der Waals surface area contributed by atoms with Gasteiger partial charge in [-0.1, -0.05) is 22.5 Å². The predicted octanol–water partition coefficient (Wildman–Crippen LogP) is 1.63. The number of nitrogens with one attached hydrogen (secondary N) is 2. The molecule has 1 saturated heterocycles. The van der Waals surface area contributed by atoms with Gasteiger partial charge in [0.15, 0.2) is 5.96 Å². The molecule has 2 N–H and O–H groups in total. The third kappa shape index (κ3) is 5.51. The van der Waals surface area contributed by atoms with E-state index in [1.807, 2.05) is 6.92 Å². The van der Waals surface area contributed by atoms with Crippen LogP contribution < -0.4 is 10.6 Å². The summed E-state index contributed by atoms with van der Waals surface area (Å²) in [5.74, 6) is 0.818. The van der Waals surface area contributed by atoms with E-state index in [1.165, 1.54) is 0 Å². The lowest BCUT2D eigenvalue weighted by molar-refractivity contribution is 0.114. The van der Waals surface area contributed by atoms with Crippen LogP contribution in [0.4, 0.5) is 0 Å². The Morgan fingerprint density at radius 1 is 1.56 bits per heavy atom. The van der Waals surface area contributed by atoms with Gasteiger partial charge < -0.3 is 15.4 Å². The van der Waals surface area contributed by atoms with E-state index in [2.05, 4.69) is 38.1 Å². The lowest BCUT2D eigenvalue weighted by Gasteiger charge is -2.14. The topological polar surface area (TPSA) is 45.7 Å². The van der Waals surface area contributed by atoms with Gasteiger partial charge in [-0.25, -0.2) is 4.99 Å². The van der Waals surface area contributed by atoms with E-state index >= 15 is 0 Å². The summed E-state index contributed by atoms with van der Waals surface area (Å²) in [6.45, 7) is 8.95. The van der Waals surface area contributed by atoms with Crippen molar-refractivity contribution >= 4 is 21.9 Å². The summed E-state index contributed by atoms with van der Waals surface area (Å²) in [4.78, 5) is 4.37. The van der Waals surface area contributed by atoms with Crippen molar-refractivity contribution in [1.29, 1.82) is 0 Å². The largest absolute Gasteiger partial charge is 0.376 e. The Morgan fingerprint density at radius 2 is 2.38 bits per heavy atom. The van der Waals surface area contributed by atoms with E-state index in [4.69, 9.17) is 4.74 Å². The maximum atomic E-state index is 5.53. The van der Waals surface area contributed by atoms with Crippen LogP contribution in [0.25, 0.3) is 0 Å². The first-order chi connectivity index (χ1) is 7.72. The molecule has 0 radical (unpaired) electrons. The maximum Gasteiger partial charge on any atom is 0.191 e. The SMILES string of the molecule is C=C(Br)CN=C(NCC)NCC1CCCO1. The van der Waals surface area contributed by atoms with Crippen LogP contribution in [0, 0.1) is 0 Å². The molecule has 1 atom stereocenters. The Balaban J connectivity index is 2.31. The summed E-state index contributed by atoms with van der Waals surface area (Å²) in [6.07, 6.45) is 2.63. The molecule has 5 heteroatoms. The molecule has 1 rings (SSSR count). The number of ether oxygens (including phenoxy) is 1. The number of halogens is 1. The van der Waals surface area contributed by atoms with Crippen LogP contribution in [0.5, 0.6) is 0 Å². The summed E-state index contributed by atoms with van der Waals surface area (Å²) in [5, 5.41) is 6.45. The summed E-state index contributed by atoms with van der Waals surface area (Å²) in [6, 6.07) is 0. The predicted molar refractivity (Wildman–Crippen MR) is 71.0 cm³/mol. The molecule has 1 fully saturated rings. The molecule has 0 amide bonds. The molecule has 1 unspecified atom stereocenters. The van der Waals surface area contributed by atoms with Crippen molar-refractivity contribution in [3.05, 3.63) is 11.1 Å². The van der Waals surface area contributed by atoms with Crippen LogP contribution >= 0.6 is 15.9 Å². The Kier molecular flexibility index (Phi) is 6.49. The first kappa shape index (κ1) is 13.5. The highest BCUT2D eigenvalue weighted by molar-refractivity contribution is 9.11. The fourth-order valence-electron chi connectivity index (χ4n) is 1.52. The number of hydrogen-bond donors (Lipinski definition) is 2. The molecule has 92 valence electrons. The second kappa shape index (κ2) is 7.68. The summed E-state index contributed by atoms with van der Waals surface area (Å²) in [5.41, 5.74) is 0. The van der Waals surface area contributed by atoms with Gasteiger partial charge in [-0.2, -0.15) is 0 Å². The summed E-state index contributed by atoms with van der Waals surface area (Å²) >= 11 is 3.29. The molecule has 0 spiro atoms. The zero-order valence-electron chi connectivity index (χ0n) is 9.76.